The highest BCUT2D eigenvalue weighted by Gasteiger charge is 2.23. The van der Waals surface area contributed by atoms with Crippen LogP contribution in [0.2, 0.25) is 0 Å². The van der Waals surface area contributed by atoms with Crippen molar-refractivity contribution < 1.29 is 0 Å². The molecule has 0 amide bonds. The third-order valence-corrected chi connectivity index (χ3v) is 8.32. The van der Waals surface area contributed by atoms with Gasteiger partial charge >= 0.3 is 0 Å². The fraction of sp³-hybridized carbons (Fsp3) is 0.0976. The SMILES string of the molecule is C=C1/C=C\C=C/CN(c2ccccc2)c2cc3c(cc21)c(/C=C\CC)c(C)n3-c1nc(-c2ccccc2)nc(-c2ccccc2)n1. The van der Waals surface area contributed by atoms with E-state index in [4.69, 9.17) is 15.0 Å². The van der Waals surface area contributed by atoms with Gasteiger partial charge in [-0.2, -0.15) is 9.97 Å². The van der Waals surface area contributed by atoms with Crippen LogP contribution in [-0.4, -0.2) is 26.1 Å². The molecule has 46 heavy (non-hydrogen) atoms. The van der Waals surface area contributed by atoms with Crippen LogP contribution in [0.4, 0.5) is 11.4 Å². The van der Waals surface area contributed by atoms with Gasteiger partial charge in [-0.05, 0) is 43.2 Å². The summed E-state index contributed by atoms with van der Waals surface area (Å²) in [5.74, 6) is 1.85. The van der Waals surface area contributed by atoms with Crippen LogP contribution < -0.4 is 4.90 Å². The minimum atomic E-state index is 0.583. The van der Waals surface area contributed by atoms with E-state index in [9.17, 15) is 0 Å². The lowest BCUT2D eigenvalue weighted by Crippen LogP contribution is -2.18. The summed E-state index contributed by atoms with van der Waals surface area (Å²) >= 11 is 0. The van der Waals surface area contributed by atoms with E-state index in [1.54, 1.807) is 0 Å². The molecule has 0 unspecified atom stereocenters. The van der Waals surface area contributed by atoms with Crippen molar-refractivity contribution in [2.75, 3.05) is 11.4 Å². The van der Waals surface area contributed by atoms with E-state index in [0.29, 0.717) is 24.1 Å². The molecule has 5 nitrogen and oxygen atoms in total. The highest BCUT2D eigenvalue weighted by molar-refractivity contribution is 6.00. The maximum atomic E-state index is 5.12. The highest BCUT2D eigenvalue weighted by Crippen LogP contribution is 2.40. The third kappa shape index (κ3) is 5.48. The molecule has 1 aliphatic rings. The Morgan fingerprint density at radius 3 is 2.04 bits per heavy atom. The fourth-order valence-corrected chi connectivity index (χ4v) is 6.01. The van der Waals surface area contributed by atoms with Gasteiger partial charge in [0, 0.05) is 45.6 Å². The van der Waals surface area contributed by atoms with Crippen LogP contribution in [0.3, 0.4) is 0 Å². The average molecular weight is 598 g/mol. The number of hydrogen-bond donors (Lipinski definition) is 0. The van der Waals surface area contributed by atoms with Crippen LogP contribution in [-0.2, 0) is 0 Å². The first-order chi connectivity index (χ1) is 22.6. The number of anilines is 2. The minimum Gasteiger partial charge on any atom is -0.337 e. The number of para-hydroxylation sites is 1. The molecule has 0 spiro atoms. The van der Waals surface area contributed by atoms with E-state index in [-0.39, 0.29) is 0 Å². The Hall–Kier alpha value is -5.81. The van der Waals surface area contributed by atoms with Crippen molar-refractivity contribution in [3.05, 3.63) is 157 Å². The Bertz CT molecular complexity index is 2060. The number of allylic oxidation sites excluding steroid dienone is 5. The summed E-state index contributed by atoms with van der Waals surface area (Å²) < 4.78 is 2.19. The predicted octanol–water partition coefficient (Wildman–Crippen LogP) is 10.2. The molecular formula is C41H35N5. The van der Waals surface area contributed by atoms with Gasteiger partial charge < -0.3 is 4.90 Å². The van der Waals surface area contributed by atoms with Crippen LogP contribution in [0.1, 0.15) is 30.2 Å². The van der Waals surface area contributed by atoms with Gasteiger partial charge in [0.15, 0.2) is 11.6 Å². The van der Waals surface area contributed by atoms with Crippen molar-refractivity contribution in [2.45, 2.75) is 20.3 Å². The molecule has 6 aromatic rings. The number of hydrogen-bond acceptors (Lipinski definition) is 4. The molecule has 0 bridgehead atoms. The van der Waals surface area contributed by atoms with E-state index in [1.807, 2.05) is 60.7 Å². The first kappa shape index (κ1) is 28.9. The van der Waals surface area contributed by atoms with Gasteiger partial charge in [-0.15, -0.1) is 0 Å². The molecule has 1 aliphatic heterocycles. The summed E-state index contributed by atoms with van der Waals surface area (Å²) in [6, 6.07) is 35.3. The molecule has 0 N–H and O–H groups in total. The smallest absolute Gasteiger partial charge is 0.238 e. The molecule has 3 heterocycles. The van der Waals surface area contributed by atoms with E-state index in [2.05, 4.69) is 109 Å². The van der Waals surface area contributed by atoms with Crippen molar-refractivity contribution in [1.82, 2.24) is 19.5 Å². The zero-order chi connectivity index (χ0) is 31.5. The molecule has 2 aromatic heterocycles. The maximum Gasteiger partial charge on any atom is 0.238 e. The molecule has 4 aromatic carbocycles. The summed E-state index contributed by atoms with van der Waals surface area (Å²) in [5, 5.41) is 1.12. The Balaban J connectivity index is 1.55. The van der Waals surface area contributed by atoms with Gasteiger partial charge in [-0.3, -0.25) is 4.57 Å². The second-order valence-electron chi connectivity index (χ2n) is 11.3. The molecule has 7 rings (SSSR count). The first-order valence-corrected chi connectivity index (χ1v) is 15.7. The van der Waals surface area contributed by atoms with E-state index < -0.39 is 0 Å². The minimum absolute atomic E-state index is 0.583. The monoisotopic (exact) mass is 597 g/mol. The van der Waals surface area contributed by atoms with Crippen molar-refractivity contribution in [3.8, 4) is 28.7 Å². The van der Waals surface area contributed by atoms with Crippen molar-refractivity contribution in [1.29, 1.82) is 0 Å². The summed E-state index contributed by atoms with van der Waals surface area (Å²) in [5.41, 5.74) is 9.34. The van der Waals surface area contributed by atoms with Gasteiger partial charge in [-0.25, -0.2) is 4.98 Å². The summed E-state index contributed by atoms with van der Waals surface area (Å²) in [4.78, 5) is 17.5. The predicted molar refractivity (Wildman–Crippen MR) is 192 cm³/mol. The fourth-order valence-electron chi connectivity index (χ4n) is 6.01. The lowest BCUT2D eigenvalue weighted by molar-refractivity contribution is 0.905. The van der Waals surface area contributed by atoms with Gasteiger partial charge in [0.05, 0.1) is 11.2 Å². The molecular weight excluding hydrogens is 562 g/mol. The summed E-state index contributed by atoms with van der Waals surface area (Å²) in [7, 11) is 0. The summed E-state index contributed by atoms with van der Waals surface area (Å²) in [6.45, 7) is 9.52. The van der Waals surface area contributed by atoms with E-state index in [1.165, 1.54) is 0 Å². The maximum absolute atomic E-state index is 5.12. The molecule has 0 atom stereocenters. The molecule has 224 valence electrons. The van der Waals surface area contributed by atoms with Crippen molar-refractivity contribution in [2.24, 2.45) is 0 Å². The molecule has 0 aliphatic carbocycles. The van der Waals surface area contributed by atoms with Crippen LogP contribution in [0.25, 0.3) is 51.3 Å². The second-order valence-corrected chi connectivity index (χ2v) is 11.3. The number of benzene rings is 4. The molecule has 0 radical (unpaired) electrons. The lowest BCUT2D eigenvalue weighted by atomic mass is 9.99. The quantitative estimate of drug-likeness (QED) is 0.192. The van der Waals surface area contributed by atoms with Crippen LogP contribution in [0, 0.1) is 6.92 Å². The molecule has 0 saturated carbocycles. The third-order valence-electron chi connectivity index (χ3n) is 8.32. The molecule has 0 saturated heterocycles. The standard InChI is InChI=1S/C41H35N5/c1-4-5-25-34-30(3)46(41-43-39(31-19-11-6-12-20-31)42-40(44-41)32-21-13-7-14-22-32)38-28-37-35(27-36(34)38)29(2)18-10-9-17-26-45(37)33-23-15-8-16-24-33/h5-25,27-28H,2,4,26H2,1,3H3/b17-9-,18-10-,25-5-. The van der Waals surface area contributed by atoms with Gasteiger partial charge in [-0.1, -0.05) is 129 Å². The Morgan fingerprint density at radius 2 is 1.41 bits per heavy atom. The Kier molecular flexibility index (Phi) is 7.96. The number of aromatic nitrogens is 4. The zero-order valence-electron chi connectivity index (χ0n) is 26.1. The molecule has 5 heteroatoms. The Morgan fingerprint density at radius 1 is 0.783 bits per heavy atom. The topological polar surface area (TPSA) is 46.8 Å². The Labute approximate surface area is 270 Å². The van der Waals surface area contributed by atoms with Crippen LogP contribution >= 0.6 is 0 Å². The zero-order valence-corrected chi connectivity index (χ0v) is 26.1. The average Bonchev–Trinajstić information content (AvgIpc) is 3.41. The number of fused-ring (bicyclic) bond motifs is 2. The van der Waals surface area contributed by atoms with Gasteiger partial charge in [0.25, 0.3) is 0 Å². The van der Waals surface area contributed by atoms with Gasteiger partial charge in [0.2, 0.25) is 5.95 Å². The second kappa shape index (κ2) is 12.7. The van der Waals surface area contributed by atoms with Crippen molar-refractivity contribution >= 4 is 33.9 Å². The first-order valence-electron chi connectivity index (χ1n) is 15.7. The normalized spacial score (nSPS) is 14.6. The van der Waals surface area contributed by atoms with E-state index in [0.717, 1.165) is 62.2 Å². The largest absolute Gasteiger partial charge is 0.337 e. The van der Waals surface area contributed by atoms with Crippen molar-refractivity contribution in [3.63, 3.8) is 0 Å². The van der Waals surface area contributed by atoms with E-state index >= 15 is 0 Å². The van der Waals surface area contributed by atoms with Gasteiger partial charge in [0.1, 0.15) is 0 Å². The molecule has 0 fully saturated rings. The lowest BCUT2D eigenvalue weighted by Gasteiger charge is -2.27. The van der Waals surface area contributed by atoms with Crippen LogP contribution in [0.5, 0.6) is 0 Å². The highest BCUT2D eigenvalue weighted by atomic mass is 15.2. The summed E-state index contributed by atoms with van der Waals surface area (Å²) in [6.07, 6.45) is 13.8. The number of nitrogens with zero attached hydrogens (tertiary/aromatic N) is 5. The van der Waals surface area contributed by atoms with Crippen LogP contribution in [0.15, 0.2) is 140 Å². The number of rotatable bonds is 6.